The van der Waals surface area contributed by atoms with Crippen molar-refractivity contribution in [3.63, 3.8) is 0 Å². The molecular weight excluding hydrogens is 350 g/mol. The van der Waals surface area contributed by atoms with Crippen LogP contribution in [0.2, 0.25) is 0 Å². The van der Waals surface area contributed by atoms with Gasteiger partial charge in [0.25, 0.3) is 0 Å². The Morgan fingerprint density at radius 2 is 2.08 bits per heavy atom. The summed E-state index contributed by atoms with van der Waals surface area (Å²) in [7, 11) is 0. The highest BCUT2D eigenvalue weighted by Crippen LogP contribution is 2.17. The van der Waals surface area contributed by atoms with Crippen LogP contribution in [0.15, 0.2) is 29.6 Å². The number of anilines is 1. The minimum Gasteiger partial charge on any atom is -0.461 e. The lowest BCUT2D eigenvalue weighted by atomic mass is 10.1. The molecule has 2 rings (SSSR count). The second-order valence-electron chi connectivity index (χ2n) is 6.05. The maximum atomic E-state index is 12.7. The van der Waals surface area contributed by atoms with E-state index >= 15 is 0 Å². The summed E-state index contributed by atoms with van der Waals surface area (Å²) in [6.07, 6.45) is 0.910. The van der Waals surface area contributed by atoms with E-state index in [1.165, 1.54) is 11.3 Å². The van der Waals surface area contributed by atoms with Gasteiger partial charge in [0.15, 0.2) is 5.69 Å². The summed E-state index contributed by atoms with van der Waals surface area (Å²) in [5, 5.41) is 5.30. The number of aromatic nitrogens is 1. The summed E-state index contributed by atoms with van der Waals surface area (Å²) in [6, 6.07) is 7.60. The van der Waals surface area contributed by atoms with E-state index in [4.69, 9.17) is 4.74 Å². The van der Waals surface area contributed by atoms with Crippen molar-refractivity contribution >= 4 is 29.0 Å². The van der Waals surface area contributed by atoms with Crippen LogP contribution in [0.1, 0.15) is 48.8 Å². The van der Waals surface area contributed by atoms with Gasteiger partial charge in [0.05, 0.1) is 13.2 Å². The topological polar surface area (TPSA) is 71.5 Å². The third kappa shape index (κ3) is 5.29. The number of amides is 2. The standard InChI is InChI=1S/C19H25N3O3S/c1-5-14-8-7-9-15(10-14)20-19(24)22(13(3)4)11-17-21-16(12-26-17)18(23)25-6-2/h7-10,12-13H,5-6,11H2,1-4H3,(H,20,24). The predicted molar refractivity (Wildman–Crippen MR) is 104 cm³/mol. The Bertz CT molecular complexity index is 758. The van der Waals surface area contributed by atoms with Gasteiger partial charge in [0.2, 0.25) is 0 Å². The number of rotatable bonds is 7. The molecule has 140 valence electrons. The number of hydrogen-bond donors (Lipinski definition) is 1. The molecule has 0 spiro atoms. The Kier molecular flexibility index (Phi) is 7.15. The van der Waals surface area contributed by atoms with E-state index in [1.54, 1.807) is 17.2 Å². The molecule has 0 saturated heterocycles. The summed E-state index contributed by atoms with van der Waals surface area (Å²) in [6.45, 7) is 8.36. The minimum absolute atomic E-state index is 0.0145. The molecule has 1 aromatic heterocycles. The summed E-state index contributed by atoms with van der Waals surface area (Å²) in [5.41, 5.74) is 2.22. The fraction of sp³-hybridized carbons (Fsp3) is 0.421. The maximum absolute atomic E-state index is 12.7. The lowest BCUT2D eigenvalue weighted by molar-refractivity contribution is 0.0520. The average Bonchev–Trinajstić information content (AvgIpc) is 3.08. The van der Waals surface area contributed by atoms with Gasteiger partial charge in [0.1, 0.15) is 5.01 Å². The number of nitrogens with zero attached hydrogens (tertiary/aromatic N) is 2. The SMILES string of the molecule is CCOC(=O)c1csc(CN(C(=O)Nc2cccc(CC)c2)C(C)C)n1. The number of carbonyl (C=O) groups is 2. The first-order chi connectivity index (χ1) is 12.4. The van der Waals surface area contributed by atoms with Crippen LogP contribution in [0, 0.1) is 0 Å². The van der Waals surface area contributed by atoms with Crippen LogP contribution in [-0.4, -0.2) is 34.5 Å². The quantitative estimate of drug-likeness (QED) is 0.732. The van der Waals surface area contributed by atoms with Crippen LogP contribution in [0.4, 0.5) is 10.5 Å². The van der Waals surface area contributed by atoms with Gasteiger partial charge in [-0.25, -0.2) is 14.6 Å². The molecule has 1 aromatic carbocycles. The molecule has 6 nitrogen and oxygen atoms in total. The molecule has 26 heavy (non-hydrogen) atoms. The van der Waals surface area contributed by atoms with Crippen LogP contribution in [0.25, 0.3) is 0 Å². The monoisotopic (exact) mass is 375 g/mol. The number of urea groups is 1. The van der Waals surface area contributed by atoms with E-state index in [2.05, 4.69) is 17.2 Å². The Hall–Kier alpha value is -2.41. The summed E-state index contributed by atoms with van der Waals surface area (Å²) in [4.78, 5) is 30.4. The highest BCUT2D eigenvalue weighted by Gasteiger charge is 2.20. The number of carbonyl (C=O) groups excluding carboxylic acids is 2. The summed E-state index contributed by atoms with van der Waals surface area (Å²) < 4.78 is 4.95. The number of hydrogen-bond acceptors (Lipinski definition) is 5. The van der Waals surface area contributed by atoms with Crippen molar-refractivity contribution in [3.05, 3.63) is 45.9 Å². The molecule has 2 aromatic rings. The van der Waals surface area contributed by atoms with Crippen LogP contribution in [0.3, 0.4) is 0 Å². The summed E-state index contributed by atoms with van der Waals surface area (Å²) in [5.74, 6) is -0.438. The van der Waals surface area contributed by atoms with Gasteiger partial charge in [-0.3, -0.25) is 0 Å². The first-order valence-electron chi connectivity index (χ1n) is 8.72. The molecule has 0 bridgehead atoms. The number of esters is 1. The highest BCUT2D eigenvalue weighted by atomic mass is 32.1. The number of benzene rings is 1. The van der Waals surface area contributed by atoms with E-state index in [0.29, 0.717) is 18.2 Å². The van der Waals surface area contributed by atoms with Gasteiger partial charge in [-0.2, -0.15) is 0 Å². The number of ether oxygens (including phenoxy) is 1. The normalized spacial score (nSPS) is 10.7. The zero-order valence-electron chi connectivity index (χ0n) is 15.6. The lowest BCUT2D eigenvalue weighted by Crippen LogP contribution is -2.39. The van der Waals surface area contributed by atoms with E-state index in [9.17, 15) is 9.59 Å². The molecule has 7 heteroatoms. The molecule has 1 heterocycles. The van der Waals surface area contributed by atoms with Crippen LogP contribution >= 0.6 is 11.3 Å². The predicted octanol–water partition coefficient (Wildman–Crippen LogP) is 4.32. The van der Waals surface area contributed by atoms with Crippen molar-refractivity contribution in [1.82, 2.24) is 9.88 Å². The second kappa shape index (κ2) is 9.33. The lowest BCUT2D eigenvalue weighted by Gasteiger charge is -2.26. The Morgan fingerprint density at radius 1 is 1.31 bits per heavy atom. The Balaban J connectivity index is 2.08. The largest absolute Gasteiger partial charge is 0.461 e. The van der Waals surface area contributed by atoms with E-state index in [-0.39, 0.29) is 17.8 Å². The molecule has 0 unspecified atom stereocenters. The van der Waals surface area contributed by atoms with Crippen molar-refractivity contribution in [2.45, 2.75) is 46.7 Å². The van der Waals surface area contributed by atoms with E-state index in [1.807, 2.05) is 38.1 Å². The van der Waals surface area contributed by atoms with Crippen LogP contribution in [-0.2, 0) is 17.7 Å². The molecule has 0 fully saturated rings. The first-order valence-corrected chi connectivity index (χ1v) is 9.60. The third-order valence-corrected chi connectivity index (χ3v) is 4.65. The molecule has 0 aliphatic heterocycles. The van der Waals surface area contributed by atoms with Gasteiger partial charge < -0.3 is 15.0 Å². The molecule has 0 atom stereocenters. The zero-order chi connectivity index (χ0) is 19.1. The smallest absolute Gasteiger partial charge is 0.357 e. The molecule has 0 aliphatic rings. The molecule has 0 radical (unpaired) electrons. The minimum atomic E-state index is -0.438. The van der Waals surface area contributed by atoms with Crippen molar-refractivity contribution in [1.29, 1.82) is 0 Å². The highest BCUT2D eigenvalue weighted by molar-refractivity contribution is 7.09. The Labute approximate surface area is 158 Å². The molecular formula is C19H25N3O3S. The Morgan fingerprint density at radius 3 is 2.73 bits per heavy atom. The third-order valence-electron chi connectivity index (χ3n) is 3.81. The number of thiazole rings is 1. The van der Waals surface area contributed by atoms with Crippen molar-refractivity contribution in [3.8, 4) is 0 Å². The average molecular weight is 375 g/mol. The fourth-order valence-corrected chi connectivity index (χ4v) is 3.14. The summed E-state index contributed by atoms with van der Waals surface area (Å²) >= 11 is 1.35. The molecule has 0 saturated carbocycles. The molecule has 2 amide bonds. The second-order valence-corrected chi connectivity index (χ2v) is 7.00. The molecule has 0 aliphatic carbocycles. The van der Waals surface area contributed by atoms with Gasteiger partial charge in [-0.15, -0.1) is 11.3 Å². The van der Waals surface area contributed by atoms with Gasteiger partial charge in [-0.1, -0.05) is 19.1 Å². The van der Waals surface area contributed by atoms with Crippen LogP contribution < -0.4 is 5.32 Å². The zero-order valence-corrected chi connectivity index (χ0v) is 16.4. The first kappa shape index (κ1) is 19.9. The van der Waals surface area contributed by atoms with Crippen molar-refractivity contribution in [2.75, 3.05) is 11.9 Å². The number of nitrogens with one attached hydrogen (secondary N) is 1. The number of aryl methyl sites for hydroxylation is 1. The van der Waals surface area contributed by atoms with Gasteiger partial charge in [0, 0.05) is 17.1 Å². The molecule has 1 N–H and O–H groups in total. The van der Waals surface area contributed by atoms with Gasteiger partial charge in [-0.05, 0) is 44.9 Å². The van der Waals surface area contributed by atoms with Crippen molar-refractivity contribution in [2.24, 2.45) is 0 Å². The van der Waals surface area contributed by atoms with E-state index < -0.39 is 5.97 Å². The van der Waals surface area contributed by atoms with Crippen molar-refractivity contribution < 1.29 is 14.3 Å². The van der Waals surface area contributed by atoms with Gasteiger partial charge >= 0.3 is 12.0 Å². The fourth-order valence-electron chi connectivity index (χ4n) is 2.38. The van der Waals surface area contributed by atoms with Crippen LogP contribution in [0.5, 0.6) is 0 Å². The maximum Gasteiger partial charge on any atom is 0.357 e. The van der Waals surface area contributed by atoms with E-state index in [0.717, 1.165) is 17.7 Å².